The molecule has 0 radical (unpaired) electrons. The van der Waals surface area contributed by atoms with E-state index in [1.54, 1.807) is 0 Å². The molecular weight excluding hydrogens is 329 g/mol. The summed E-state index contributed by atoms with van der Waals surface area (Å²) in [5.41, 5.74) is 1.73. The van der Waals surface area contributed by atoms with Gasteiger partial charge in [0.2, 0.25) is 0 Å². The SMILES string of the molecule is CC(C)(C)c1ccc(-c2nc3ccc(C(F)(F)F)cn3c2C=O)cc1. The Labute approximate surface area is 143 Å². The van der Waals surface area contributed by atoms with Crippen LogP contribution in [0.3, 0.4) is 0 Å². The molecule has 2 aromatic heterocycles. The van der Waals surface area contributed by atoms with Crippen LogP contribution in [0.5, 0.6) is 0 Å². The van der Waals surface area contributed by atoms with Crippen LogP contribution in [0.2, 0.25) is 0 Å². The van der Waals surface area contributed by atoms with Crippen molar-refractivity contribution in [3.63, 3.8) is 0 Å². The van der Waals surface area contributed by atoms with Crippen LogP contribution >= 0.6 is 0 Å². The van der Waals surface area contributed by atoms with Crippen LogP contribution in [0.15, 0.2) is 42.6 Å². The quantitative estimate of drug-likeness (QED) is 0.603. The van der Waals surface area contributed by atoms with E-state index in [2.05, 4.69) is 25.8 Å². The molecule has 3 aromatic rings. The highest BCUT2D eigenvalue weighted by molar-refractivity contribution is 5.86. The van der Waals surface area contributed by atoms with Crippen molar-refractivity contribution in [3.05, 3.63) is 59.4 Å². The zero-order valence-corrected chi connectivity index (χ0v) is 14.1. The zero-order chi connectivity index (χ0) is 18.4. The molecule has 3 rings (SSSR count). The Morgan fingerprint density at radius 1 is 0.960 bits per heavy atom. The van der Waals surface area contributed by atoms with Gasteiger partial charge in [0.15, 0.2) is 6.29 Å². The first-order valence-electron chi connectivity index (χ1n) is 7.76. The summed E-state index contributed by atoms with van der Waals surface area (Å²) < 4.78 is 39.9. The summed E-state index contributed by atoms with van der Waals surface area (Å²) in [4.78, 5) is 15.9. The lowest BCUT2D eigenvalue weighted by atomic mass is 9.86. The summed E-state index contributed by atoms with van der Waals surface area (Å²) in [6.07, 6.45) is -3.04. The summed E-state index contributed by atoms with van der Waals surface area (Å²) >= 11 is 0. The van der Waals surface area contributed by atoms with Gasteiger partial charge in [-0.2, -0.15) is 13.2 Å². The Morgan fingerprint density at radius 2 is 1.56 bits per heavy atom. The third kappa shape index (κ3) is 3.16. The van der Waals surface area contributed by atoms with Gasteiger partial charge in [-0.15, -0.1) is 0 Å². The van der Waals surface area contributed by atoms with Crippen molar-refractivity contribution >= 4 is 11.9 Å². The third-order valence-electron chi connectivity index (χ3n) is 4.12. The van der Waals surface area contributed by atoms with Crippen molar-refractivity contribution in [3.8, 4) is 11.3 Å². The minimum atomic E-state index is -4.48. The molecular formula is C19H17F3N2O. The van der Waals surface area contributed by atoms with E-state index in [4.69, 9.17) is 0 Å². The lowest BCUT2D eigenvalue weighted by Crippen LogP contribution is -2.10. The molecule has 0 atom stereocenters. The van der Waals surface area contributed by atoms with Gasteiger partial charge in [-0.3, -0.25) is 9.20 Å². The largest absolute Gasteiger partial charge is 0.417 e. The van der Waals surface area contributed by atoms with Crippen LogP contribution in [-0.4, -0.2) is 15.7 Å². The molecule has 0 amide bonds. The lowest BCUT2D eigenvalue weighted by molar-refractivity contribution is -0.137. The summed E-state index contributed by atoms with van der Waals surface area (Å²) in [5, 5.41) is 0. The summed E-state index contributed by atoms with van der Waals surface area (Å²) in [7, 11) is 0. The number of fused-ring (bicyclic) bond motifs is 1. The lowest BCUT2D eigenvalue weighted by Gasteiger charge is -2.18. The number of hydrogen-bond donors (Lipinski definition) is 0. The summed E-state index contributed by atoms with van der Waals surface area (Å²) in [6.45, 7) is 6.26. The van der Waals surface area contributed by atoms with Crippen molar-refractivity contribution in [2.45, 2.75) is 32.4 Å². The number of benzene rings is 1. The number of pyridine rings is 1. The molecule has 0 spiro atoms. The van der Waals surface area contributed by atoms with Gasteiger partial charge in [-0.1, -0.05) is 45.0 Å². The number of carbonyl (C=O) groups is 1. The summed E-state index contributed by atoms with van der Waals surface area (Å²) in [5.74, 6) is 0. The van der Waals surface area contributed by atoms with Gasteiger partial charge in [0.05, 0.1) is 5.56 Å². The fraction of sp³-hybridized carbons (Fsp3) is 0.263. The molecule has 0 bridgehead atoms. The Kier molecular flexibility index (Phi) is 3.94. The van der Waals surface area contributed by atoms with Crippen LogP contribution in [0.1, 0.15) is 42.4 Å². The second-order valence-electron chi connectivity index (χ2n) is 6.93. The normalized spacial score (nSPS) is 12.6. The number of hydrogen-bond acceptors (Lipinski definition) is 2. The predicted octanol–water partition coefficient (Wildman–Crippen LogP) is 5.13. The number of nitrogens with zero attached hydrogens (tertiary/aromatic N) is 2. The van der Waals surface area contributed by atoms with Crippen molar-refractivity contribution in [2.24, 2.45) is 0 Å². The Morgan fingerprint density at radius 3 is 2.08 bits per heavy atom. The second-order valence-corrected chi connectivity index (χ2v) is 6.93. The topological polar surface area (TPSA) is 34.4 Å². The van der Waals surface area contributed by atoms with Gasteiger partial charge in [0.25, 0.3) is 0 Å². The minimum Gasteiger partial charge on any atom is -0.296 e. The van der Waals surface area contributed by atoms with Crippen LogP contribution < -0.4 is 0 Å². The van der Waals surface area contributed by atoms with Gasteiger partial charge in [-0.25, -0.2) is 4.98 Å². The van der Waals surface area contributed by atoms with E-state index in [0.717, 1.165) is 17.8 Å². The molecule has 0 aliphatic carbocycles. The molecule has 0 saturated carbocycles. The zero-order valence-electron chi connectivity index (χ0n) is 14.1. The molecule has 0 aliphatic rings. The van der Waals surface area contributed by atoms with E-state index in [9.17, 15) is 18.0 Å². The Hall–Kier alpha value is -2.63. The fourth-order valence-electron chi connectivity index (χ4n) is 2.68. The molecule has 6 heteroatoms. The molecule has 0 saturated heterocycles. The van der Waals surface area contributed by atoms with Crippen LogP contribution in [0, 0.1) is 0 Å². The number of imidazole rings is 1. The standard InChI is InChI=1S/C19H17F3N2O/c1-18(2,3)13-6-4-12(5-7-13)17-15(11-25)24-10-14(19(20,21)22)8-9-16(24)23-17/h4-11H,1-3H3. The van der Waals surface area contributed by atoms with Crippen LogP contribution in [-0.2, 0) is 11.6 Å². The number of rotatable bonds is 2. The first-order valence-corrected chi connectivity index (χ1v) is 7.76. The first kappa shape index (κ1) is 17.2. The number of aldehydes is 1. The van der Waals surface area contributed by atoms with Crippen molar-refractivity contribution in [1.29, 1.82) is 0 Å². The monoisotopic (exact) mass is 346 g/mol. The van der Waals surface area contributed by atoms with Crippen LogP contribution in [0.4, 0.5) is 13.2 Å². The highest BCUT2D eigenvalue weighted by Crippen LogP contribution is 2.32. The van der Waals surface area contributed by atoms with Gasteiger partial charge in [0.1, 0.15) is 17.0 Å². The molecule has 2 heterocycles. The number of carbonyl (C=O) groups excluding carboxylic acids is 1. The molecule has 0 aliphatic heterocycles. The smallest absolute Gasteiger partial charge is 0.296 e. The molecule has 130 valence electrons. The Balaban J connectivity index is 2.15. The maximum atomic E-state index is 12.9. The van der Waals surface area contributed by atoms with Crippen molar-refractivity contribution in [1.82, 2.24) is 9.38 Å². The number of halogens is 3. The van der Waals surface area contributed by atoms with E-state index in [-0.39, 0.29) is 11.1 Å². The van der Waals surface area contributed by atoms with E-state index < -0.39 is 11.7 Å². The molecule has 0 unspecified atom stereocenters. The van der Waals surface area contributed by atoms with E-state index in [1.807, 2.05) is 24.3 Å². The minimum absolute atomic E-state index is 0.0213. The maximum absolute atomic E-state index is 12.9. The second kappa shape index (κ2) is 5.72. The van der Waals surface area contributed by atoms with Crippen molar-refractivity contribution < 1.29 is 18.0 Å². The highest BCUT2D eigenvalue weighted by Gasteiger charge is 2.31. The number of alkyl halides is 3. The average molecular weight is 346 g/mol. The van der Waals surface area contributed by atoms with Crippen LogP contribution in [0.25, 0.3) is 16.9 Å². The molecule has 25 heavy (non-hydrogen) atoms. The molecule has 0 fully saturated rings. The Bertz CT molecular complexity index is 932. The van der Waals surface area contributed by atoms with Gasteiger partial charge in [0, 0.05) is 11.8 Å². The van der Waals surface area contributed by atoms with E-state index in [1.165, 1.54) is 10.5 Å². The van der Waals surface area contributed by atoms with E-state index >= 15 is 0 Å². The fourth-order valence-corrected chi connectivity index (χ4v) is 2.68. The van der Waals surface area contributed by atoms with Gasteiger partial charge in [-0.05, 0) is 23.1 Å². The first-order chi connectivity index (χ1) is 11.6. The molecule has 0 N–H and O–H groups in total. The molecule has 1 aromatic carbocycles. The number of aromatic nitrogens is 2. The summed E-state index contributed by atoms with van der Waals surface area (Å²) in [6, 6.07) is 9.77. The highest BCUT2D eigenvalue weighted by atomic mass is 19.4. The van der Waals surface area contributed by atoms with E-state index in [0.29, 0.717) is 23.2 Å². The van der Waals surface area contributed by atoms with Crippen molar-refractivity contribution in [2.75, 3.05) is 0 Å². The maximum Gasteiger partial charge on any atom is 0.417 e. The van der Waals surface area contributed by atoms with Gasteiger partial charge >= 0.3 is 6.18 Å². The third-order valence-corrected chi connectivity index (χ3v) is 4.12. The predicted molar refractivity (Wildman–Crippen MR) is 89.7 cm³/mol. The van der Waals surface area contributed by atoms with Gasteiger partial charge < -0.3 is 0 Å². The average Bonchev–Trinajstić information content (AvgIpc) is 2.91. The molecule has 3 nitrogen and oxygen atoms in total.